The number of aromatic nitrogens is 4. The van der Waals surface area contributed by atoms with E-state index in [2.05, 4.69) is 26.7 Å². The minimum Gasteiger partial charge on any atom is -0.447 e. The number of anilines is 1. The highest BCUT2D eigenvalue weighted by atomic mass is 32.2. The molecule has 0 unspecified atom stereocenters. The normalized spacial score (nSPS) is 15.0. The minimum absolute atomic E-state index is 0.164. The Morgan fingerprint density at radius 1 is 1.29 bits per heavy atom. The molecule has 0 N–H and O–H groups in total. The lowest BCUT2D eigenvalue weighted by Crippen LogP contribution is -2.36. The Hall–Kier alpha value is -3.26. The van der Waals surface area contributed by atoms with Crippen LogP contribution < -0.4 is 9.64 Å². The zero-order valence-corrected chi connectivity index (χ0v) is 16.0. The Labute approximate surface area is 166 Å². The van der Waals surface area contributed by atoms with Gasteiger partial charge in [-0.05, 0) is 12.1 Å². The van der Waals surface area contributed by atoms with Gasteiger partial charge in [0.25, 0.3) is 0 Å². The average Bonchev–Trinajstić information content (AvgIpc) is 2.87. The molecule has 0 bridgehead atoms. The van der Waals surface area contributed by atoms with Gasteiger partial charge in [-0.1, -0.05) is 42.1 Å². The number of pyridine rings is 1. The Morgan fingerprint density at radius 3 is 2.89 bits per heavy atom. The van der Waals surface area contributed by atoms with Gasteiger partial charge in [0.2, 0.25) is 23.2 Å². The van der Waals surface area contributed by atoms with E-state index in [-0.39, 0.29) is 5.91 Å². The van der Waals surface area contributed by atoms with E-state index in [0.717, 1.165) is 11.1 Å². The van der Waals surface area contributed by atoms with Gasteiger partial charge in [-0.25, -0.2) is 0 Å². The highest BCUT2D eigenvalue weighted by molar-refractivity contribution is 7.99. The molecule has 1 aromatic carbocycles. The molecule has 1 aliphatic heterocycles. The summed E-state index contributed by atoms with van der Waals surface area (Å²) in [5.41, 5.74) is 2.65. The Morgan fingerprint density at radius 2 is 2.14 bits per heavy atom. The molecule has 2 aromatic heterocycles. The molecule has 8 heteroatoms. The molecule has 0 saturated heterocycles. The molecule has 1 amide bonds. The highest BCUT2D eigenvalue weighted by Gasteiger charge is 2.34. The molecule has 3 heterocycles. The monoisotopic (exact) mass is 391 g/mol. The number of carbonyl (C=O) groups excluding carboxylic acids is 1. The van der Waals surface area contributed by atoms with Gasteiger partial charge < -0.3 is 4.74 Å². The number of ether oxygens (including phenoxy) is 1. The van der Waals surface area contributed by atoms with Crippen LogP contribution in [-0.2, 0) is 4.79 Å². The van der Waals surface area contributed by atoms with Crippen molar-refractivity contribution in [2.45, 2.75) is 18.3 Å². The van der Waals surface area contributed by atoms with E-state index in [0.29, 0.717) is 28.2 Å². The van der Waals surface area contributed by atoms with Crippen molar-refractivity contribution in [3.8, 4) is 17.1 Å². The first-order chi connectivity index (χ1) is 13.7. The molecule has 140 valence electrons. The van der Waals surface area contributed by atoms with Crippen LogP contribution in [0.25, 0.3) is 11.3 Å². The second-order valence-electron chi connectivity index (χ2n) is 6.01. The summed E-state index contributed by atoms with van der Waals surface area (Å²) in [6.45, 7) is 5.21. The summed E-state index contributed by atoms with van der Waals surface area (Å²) in [6, 6.07) is 11.2. The Balaban J connectivity index is 1.91. The van der Waals surface area contributed by atoms with Gasteiger partial charge in [0.1, 0.15) is 0 Å². The third-order valence-electron chi connectivity index (χ3n) is 4.15. The summed E-state index contributed by atoms with van der Waals surface area (Å²) < 4.78 is 6.23. The fraction of sp³-hybridized carbons (Fsp3) is 0.150. The average molecular weight is 391 g/mol. The van der Waals surface area contributed by atoms with E-state index in [1.54, 1.807) is 29.4 Å². The molecule has 7 nitrogen and oxygen atoms in total. The number of thioether (sulfide) groups is 1. The van der Waals surface area contributed by atoms with Crippen molar-refractivity contribution in [2.75, 3.05) is 10.7 Å². The lowest BCUT2D eigenvalue weighted by atomic mass is 10.1. The second-order valence-corrected chi connectivity index (χ2v) is 7.00. The molecule has 1 aliphatic rings. The number of carbonyl (C=O) groups is 1. The summed E-state index contributed by atoms with van der Waals surface area (Å²) in [6.07, 6.45) is 4.40. The standard InChI is InChI=1S/C20H17N5O2S/c1-3-11-28-20-22-18-17(23-24-20)15-8-4-5-9-16(15)25(13(2)26)19(27-18)14-7-6-10-21-12-14/h3-10,12,19H,1,11H2,2H3/t19-/m0/s1. The van der Waals surface area contributed by atoms with E-state index in [1.165, 1.54) is 18.7 Å². The van der Waals surface area contributed by atoms with Gasteiger partial charge in [0.05, 0.1) is 5.69 Å². The number of amides is 1. The first-order valence-corrected chi connectivity index (χ1v) is 9.62. The molecule has 0 saturated carbocycles. The van der Waals surface area contributed by atoms with E-state index >= 15 is 0 Å². The number of rotatable bonds is 4. The van der Waals surface area contributed by atoms with E-state index in [1.807, 2.05) is 30.3 Å². The molecular formula is C20H17N5O2S. The molecule has 3 aromatic rings. The number of benzene rings is 1. The number of nitrogens with zero attached hydrogens (tertiary/aromatic N) is 5. The first-order valence-electron chi connectivity index (χ1n) is 8.63. The fourth-order valence-electron chi connectivity index (χ4n) is 2.99. The van der Waals surface area contributed by atoms with Crippen molar-refractivity contribution in [1.82, 2.24) is 20.2 Å². The van der Waals surface area contributed by atoms with Crippen LogP contribution in [0.4, 0.5) is 5.69 Å². The quantitative estimate of drug-likeness (QED) is 0.496. The Kier molecular flexibility index (Phi) is 5.03. The maximum atomic E-state index is 12.6. The van der Waals surface area contributed by atoms with Gasteiger partial charge in [-0.2, -0.15) is 4.98 Å². The van der Waals surface area contributed by atoms with Crippen LogP contribution in [0.3, 0.4) is 0 Å². The lowest BCUT2D eigenvalue weighted by Gasteiger charge is -2.29. The van der Waals surface area contributed by atoms with Crippen LogP contribution >= 0.6 is 11.8 Å². The van der Waals surface area contributed by atoms with Gasteiger partial charge in [-0.3, -0.25) is 14.7 Å². The smallest absolute Gasteiger partial charge is 0.247 e. The van der Waals surface area contributed by atoms with Crippen molar-refractivity contribution < 1.29 is 9.53 Å². The van der Waals surface area contributed by atoms with Crippen LogP contribution in [0, 0.1) is 0 Å². The molecule has 4 rings (SSSR count). The van der Waals surface area contributed by atoms with Gasteiger partial charge in [0, 0.05) is 36.2 Å². The van der Waals surface area contributed by atoms with Crippen LogP contribution in [0.2, 0.25) is 0 Å². The summed E-state index contributed by atoms with van der Waals surface area (Å²) in [5, 5.41) is 9.03. The Bertz CT molecular complexity index is 1030. The summed E-state index contributed by atoms with van der Waals surface area (Å²) >= 11 is 1.41. The third kappa shape index (κ3) is 3.34. The predicted octanol–water partition coefficient (Wildman–Crippen LogP) is 3.66. The molecular weight excluding hydrogens is 374 g/mol. The minimum atomic E-state index is -0.720. The molecule has 28 heavy (non-hydrogen) atoms. The third-order valence-corrected chi connectivity index (χ3v) is 4.98. The van der Waals surface area contributed by atoms with Crippen molar-refractivity contribution in [3.63, 3.8) is 0 Å². The number of para-hydroxylation sites is 1. The predicted molar refractivity (Wildman–Crippen MR) is 107 cm³/mol. The molecule has 0 spiro atoms. The van der Waals surface area contributed by atoms with Gasteiger partial charge in [-0.15, -0.1) is 16.8 Å². The van der Waals surface area contributed by atoms with E-state index in [9.17, 15) is 4.79 Å². The van der Waals surface area contributed by atoms with E-state index < -0.39 is 6.23 Å². The topological polar surface area (TPSA) is 81.1 Å². The summed E-state index contributed by atoms with van der Waals surface area (Å²) in [5.74, 6) is 0.817. The fourth-order valence-corrected chi connectivity index (χ4v) is 3.50. The van der Waals surface area contributed by atoms with Crippen LogP contribution in [-0.4, -0.2) is 31.8 Å². The number of hydrogen-bond acceptors (Lipinski definition) is 7. The zero-order valence-electron chi connectivity index (χ0n) is 15.1. The molecule has 0 fully saturated rings. The van der Waals surface area contributed by atoms with Crippen molar-refractivity contribution in [3.05, 3.63) is 67.0 Å². The summed E-state index contributed by atoms with van der Waals surface area (Å²) in [7, 11) is 0. The highest BCUT2D eigenvalue weighted by Crippen LogP contribution is 2.43. The van der Waals surface area contributed by atoms with Crippen LogP contribution in [0.5, 0.6) is 5.88 Å². The van der Waals surface area contributed by atoms with Gasteiger partial charge >= 0.3 is 0 Å². The van der Waals surface area contributed by atoms with Crippen LogP contribution in [0.1, 0.15) is 18.7 Å². The lowest BCUT2D eigenvalue weighted by molar-refractivity contribution is -0.118. The van der Waals surface area contributed by atoms with E-state index in [4.69, 9.17) is 4.74 Å². The maximum Gasteiger partial charge on any atom is 0.247 e. The van der Waals surface area contributed by atoms with Crippen molar-refractivity contribution in [1.29, 1.82) is 0 Å². The van der Waals surface area contributed by atoms with Gasteiger partial charge in [0.15, 0.2) is 5.69 Å². The number of fused-ring (bicyclic) bond motifs is 3. The zero-order chi connectivity index (χ0) is 19.5. The van der Waals surface area contributed by atoms with Crippen molar-refractivity contribution in [2.24, 2.45) is 0 Å². The molecule has 0 aliphatic carbocycles. The largest absolute Gasteiger partial charge is 0.447 e. The van der Waals surface area contributed by atoms with Crippen molar-refractivity contribution >= 4 is 23.4 Å². The van der Waals surface area contributed by atoms with Crippen LogP contribution in [0.15, 0.2) is 66.6 Å². The number of hydrogen-bond donors (Lipinski definition) is 0. The molecule has 0 radical (unpaired) electrons. The second kappa shape index (κ2) is 7.77. The molecule has 1 atom stereocenters. The maximum absolute atomic E-state index is 12.6. The first kappa shape index (κ1) is 18.1. The summed E-state index contributed by atoms with van der Waals surface area (Å²) in [4.78, 5) is 22.9. The SMILES string of the molecule is C=CCSc1nnc2c(n1)O[C@@H](c1cccnc1)N(C(C)=O)c1ccccc1-2.